The maximum absolute atomic E-state index is 11.6. The molecule has 0 bridgehead atoms. The number of methoxy groups -OCH3 is 1. The quantitative estimate of drug-likeness (QED) is 0.804. The Bertz CT molecular complexity index is 617. The second-order valence-corrected chi connectivity index (χ2v) is 4.34. The van der Waals surface area contributed by atoms with Crippen LogP contribution in [0.4, 0.5) is 0 Å². The second-order valence-electron chi connectivity index (χ2n) is 3.53. The number of pyridine rings is 1. The lowest BCUT2D eigenvalue weighted by molar-refractivity contribution is 0.0597. The first-order chi connectivity index (χ1) is 9.11. The Morgan fingerprint density at radius 2 is 2.00 bits per heavy atom. The summed E-state index contributed by atoms with van der Waals surface area (Å²) in [6.07, 6.45) is 1.51. The number of carbonyl (C=O) groups is 1. The van der Waals surface area contributed by atoms with Crippen LogP contribution in [0, 0.1) is 0 Å². The first-order valence-corrected chi connectivity index (χ1v) is 6.03. The molecule has 0 atom stereocenters. The molecule has 0 N–H and O–H groups in total. The molecule has 0 radical (unpaired) electrons. The molecular weight excluding hydrogens is 289 g/mol. The average molecular weight is 298 g/mol. The van der Waals surface area contributed by atoms with E-state index in [9.17, 15) is 4.79 Å². The first-order valence-electron chi connectivity index (χ1n) is 5.28. The number of nitrogens with zero attached hydrogens (tertiary/aromatic N) is 1. The van der Waals surface area contributed by atoms with Crippen molar-refractivity contribution in [1.82, 2.24) is 4.98 Å². The monoisotopic (exact) mass is 297 g/mol. The van der Waals surface area contributed by atoms with Crippen LogP contribution < -0.4 is 4.74 Å². The van der Waals surface area contributed by atoms with Crippen LogP contribution in [0.25, 0.3) is 0 Å². The van der Waals surface area contributed by atoms with Crippen molar-refractivity contribution in [2.24, 2.45) is 0 Å². The van der Waals surface area contributed by atoms with E-state index in [0.717, 1.165) is 0 Å². The van der Waals surface area contributed by atoms with E-state index in [2.05, 4.69) is 9.72 Å². The fraction of sp³-hybridized carbons (Fsp3) is 0.0769. The molecule has 0 aliphatic carbocycles. The number of benzene rings is 1. The standard InChI is InChI=1S/C13H9Cl2NO3/c1-18-13(17)9-3-2-6-16-12(9)19-8-4-5-10(14)11(15)7-8/h2-7H,1H3. The van der Waals surface area contributed by atoms with E-state index in [4.69, 9.17) is 27.9 Å². The molecule has 1 heterocycles. The molecular formula is C13H9Cl2NO3. The summed E-state index contributed by atoms with van der Waals surface area (Å²) in [5, 5.41) is 0.776. The average Bonchev–Trinajstić information content (AvgIpc) is 2.43. The molecule has 6 heteroatoms. The lowest BCUT2D eigenvalue weighted by Crippen LogP contribution is -2.04. The van der Waals surface area contributed by atoms with Crippen LogP contribution in [0.1, 0.15) is 10.4 Å². The van der Waals surface area contributed by atoms with Gasteiger partial charge in [-0.1, -0.05) is 23.2 Å². The fourth-order valence-electron chi connectivity index (χ4n) is 1.39. The Balaban J connectivity index is 2.32. The highest BCUT2D eigenvalue weighted by molar-refractivity contribution is 6.42. The van der Waals surface area contributed by atoms with Gasteiger partial charge >= 0.3 is 5.97 Å². The molecule has 0 fully saturated rings. The number of rotatable bonds is 3. The van der Waals surface area contributed by atoms with Crippen LogP contribution in [0.15, 0.2) is 36.5 Å². The molecule has 0 aliphatic heterocycles. The van der Waals surface area contributed by atoms with Crippen molar-refractivity contribution < 1.29 is 14.3 Å². The van der Waals surface area contributed by atoms with E-state index in [1.54, 1.807) is 30.3 Å². The van der Waals surface area contributed by atoms with E-state index in [1.165, 1.54) is 13.3 Å². The van der Waals surface area contributed by atoms with Crippen molar-refractivity contribution in [3.63, 3.8) is 0 Å². The first kappa shape index (κ1) is 13.6. The van der Waals surface area contributed by atoms with Crippen molar-refractivity contribution in [3.8, 4) is 11.6 Å². The summed E-state index contributed by atoms with van der Waals surface area (Å²) >= 11 is 11.7. The van der Waals surface area contributed by atoms with Gasteiger partial charge in [0.15, 0.2) is 0 Å². The van der Waals surface area contributed by atoms with Gasteiger partial charge in [-0.15, -0.1) is 0 Å². The number of halogens is 2. The third-order valence-corrected chi connectivity index (χ3v) is 3.02. The van der Waals surface area contributed by atoms with E-state index in [-0.39, 0.29) is 11.4 Å². The largest absolute Gasteiger partial charge is 0.465 e. The molecule has 1 aromatic heterocycles. The number of hydrogen-bond donors (Lipinski definition) is 0. The van der Waals surface area contributed by atoms with Gasteiger partial charge in [0, 0.05) is 12.3 Å². The number of ether oxygens (including phenoxy) is 2. The van der Waals surface area contributed by atoms with Crippen LogP contribution in [-0.4, -0.2) is 18.1 Å². The van der Waals surface area contributed by atoms with Crippen molar-refractivity contribution in [1.29, 1.82) is 0 Å². The molecule has 2 aromatic rings. The minimum atomic E-state index is -0.525. The van der Waals surface area contributed by atoms with Gasteiger partial charge in [-0.2, -0.15) is 0 Å². The van der Waals surface area contributed by atoms with Crippen molar-refractivity contribution >= 4 is 29.2 Å². The highest BCUT2D eigenvalue weighted by Gasteiger charge is 2.14. The molecule has 0 spiro atoms. The maximum Gasteiger partial charge on any atom is 0.343 e. The summed E-state index contributed by atoms with van der Waals surface area (Å²) in [6, 6.07) is 7.95. The Morgan fingerprint density at radius 1 is 1.21 bits per heavy atom. The summed E-state index contributed by atoms with van der Waals surface area (Å²) in [7, 11) is 1.29. The minimum Gasteiger partial charge on any atom is -0.465 e. The van der Waals surface area contributed by atoms with Crippen molar-refractivity contribution in [2.45, 2.75) is 0 Å². The number of esters is 1. The molecule has 0 saturated carbocycles. The van der Waals surface area contributed by atoms with Crippen molar-refractivity contribution in [3.05, 3.63) is 52.1 Å². The second kappa shape index (κ2) is 5.91. The Morgan fingerprint density at radius 3 is 2.68 bits per heavy atom. The SMILES string of the molecule is COC(=O)c1cccnc1Oc1ccc(Cl)c(Cl)c1. The van der Waals surface area contributed by atoms with Crippen LogP contribution in [-0.2, 0) is 4.74 Å². The lowest BCUT2D eigenvalue weighted by Gasteiger charge is -2.08. The summed E-state index contributed by atoms with van der Waals surface area (Å²) in [5.41, 5.74) is 0.232. The summed E-state index contributed by atoms with van der Waals surface area (Å²) in [4.78, 5) is 15.6. The zero-order valence-electron chi connectivity index (χ0n) is 9.89. The van der Waals surface area contributed by atoms with E-state index < -0.39 is 5.97 Å². The maximum atomic E-state index is 11.6. The van der Waals surface area contributed by atoms with E-state index >= 15 is 0 Å². The van der Waals surface area contributed by atoms with E-state index in [1.807, 2.05) is 0 Å². The molecule has 1 aromatic carbocycles. The zero-order chi connectivity index (χ0) is 13.8. The topological polar surface area (TPSA) is 48.4 Å². The van der Waals surface area contributed by atoms with Crippen molar-refractivity contribution in [2.75, 3.05) is 7.11 Å². The minimum absolute atomic E-state index is 0.146. The van der Waals surface area contributed by atoms with Gasteiger partial charge in [-0.25, -0.2) is 9.78 Å². The van der Waals surface area contributed by atoms with Gasteiger partial charge in [-0.05, 0) is 24.3 Å². The Kier molecular flexibility index (Phi) is 4.24. The highest BCUT2D eigenvalue weighted by atomic mass is 35.5. The van der Waals surface area contributed by atoms with Gasteiger partial charge in [-0.3, -0.25) is 0 Å². The zero-order valence-corrected chi connectivity index (χ0v) is 11.4. The van der Waals surface area contributed by atoms with Gasteiger partial charge in [0.1, 0.15) is 11.3 Å². The summed E-state index contributed by atoms with van der Waals surface area (Å²) < 4.78 is 10.2. The van der Waals surface area contributed by atoms with Gasteiger partial charge in [0.2, 0.25) is 5.88 Å². The summed E-state index contributed by atoms with van der Waals surface area (Å²) in [6.45, 7) is 0. The van der Waals surface area contributed by atoms with Gasteiger partial charge < -0.3 is 9.47 Å². The van der Waals surface area contributed by atoms with Gasteiger partial charge in [0.25, 0.3) is 0 Å². The lowest BCUT2D eigenvalue weighted by atomic mass is 10.2. The van der Waals surface area contributed by atoms with Crippen LogP contribution >= 0.6 is 23.2 Å². The van der Waals surface area contributed by atoms with Crippen LogP contribution in [0.2, 0.25) is 10.0 Å². The van der Waals surface area contributed by atoms with E-state index in [0.29, 0.717) is 15.8 Å². The van der Waals surface area contributed by atoms with Crippen LogP contribution in [0.5, 0.6) is 11.6 Å². The number of aromatic nitrogens is 1. The number of hydrogen-bond acceptors (Lipinski definition) is 4. The molecule has 0 saturated heterocycles. The fourth-order valence-corrected chi connectivity index (χ4v) is 1.68. The molecule has 19 heavy (non-hydrogen) atoms. The molecule has 0 aliphatic rings. The predicted octanol–water partition coefficient (Wildman–Crippen LogP) is 3.97. The normalized spacial score (nSPS) is 10.1. The third kappa shape index (κ3) is 3.16. The highest BCUT2D eigenvalue weighted by Crippen LogP contribution is 2.29. The predicted molar refractivity (Wildman–Crippen MR) is 72.1 cm³/mol. The molecule has 0 amide bonds. The molecule has 98 valence electrons. The molecule has 0 unspecified atom stereocenters. The smallest absolute Gasteiger partial charge is 0.343 e. The Hall–Kier alpha value is -1.78. The Labute approximate surface area is 119 Å². The molecule has 2 rings (SSSR count). The number of carbonyl (C=O) groups excluding carboxylic acids is 1. The summed E-state index contributed by atoms with van der Waals surface area (Å²) in [5.74, 6) is 0.0501. The third-order valence-electron chi connectivity index (χ3n) is 2.28. The van der Waals surface area contributed by atoms with Gasteiger partial charge in [0.05, 0.1) is 17.2 Å². The molecule has 4 nitrogen and oxygen atoms in total. The van der Waals surface area contributed by atoms with Crippen LogP contribution in [0.3, 0.4) is 0 Å².